The first kappa shape index (κ1) is 19.6. The fourth-order valence-electron chi connectivity index (χ4n) is 3.71. The first-order valence-electron chi connectivity index (χ1n) is 9.93. The molecule has 3 aromatic heterocycles. The molecular weight excluding hydrogens is 414 g/mol. The Morgan fingerprint density at radius 1 is 1.19 bits per heavy atom. The second kappa shape index (κ2) is 7.69. The summed E-state index contributed by atoms with van der Waals surface area (Å²) in [5, 5.41) is 7.69. The Bertz CT molecular complexity index is 1260. The van der Waals surface area contributed by atoms with Gasteiger partial charge in [0, 0.05) is 5.56 Å². The van der Waals surface area contributed by atoms with Gasteiger partial charge in [-0.25, -0.2) is 15.0 Å². The van der Waals surface area contributed by atoms with E-state index in [2.05, 4.69) is 25.3 Å². The van der Waals surface area contributed by atoms with E-state index in [0.717, 1.165) is 22.6 Å². The quantitative estimate of drug-likeness (QED) is 0.505. The summed E-state index contributed by atoms with van der Waals surface area (Å²) in [5.41, 5.74) is 4.06. The molecule has 1 atom stereocenters. The molecule has 0 saturated carbocycles. The Labute approximate surface area is 182 Å². The molecule has 1 aliphatic heterocycles. The Morgan fingerprint density at radius 3 is 2.77 bits per heavy atom. The smallest absolute Gasteiger partial charge is 0.235 e. The molecule has 0 saturated heterocycles. The average molecular weight is 436 g/mol. The van der Waals surface area contributed by atoms with Crippen LogP contribution in [0.4, 0.5) is 5.82 Å². The predicted octanol–water partition coefficient (Wildman–Crippen LogP) is 3.41. The van der Waals surface area contributed by atoms with E-state index in [-0.39, 0.29) is 17.3 Å². The van der Waals surface area contributed by atoms with Crippen molar-refractivity contribution in [3.8, 4) is 11.6 Å². The Kier molecular flexibility index (Phi) is 4.85. The van der Waals surface area contributed by atoms with Crippen molar-refractivity contribution in [2.75, 3.05) is 11.1 Å². The summed E-state index contributed by atoms with van der Waals surface area (Å²) in [5.74, 6) is 2.24. The van der Waals surface area contributed by atoms with E-state index in [1.165, 1.54) is 6.33 Å². The van der Waals surface area contributed by atoms with Crippen molar-refractivity contribution in [3.05, 3.63) is 53.7 Å². The standard InChI is InChI=1S/C21H21N7O2S/c1-11(2)30-14-6-4-13(5-7-14)18-16-12(3)27-28(20(16)26-15(29)8-31-18)21-17-19(23-9-22-17)24-10-25-21/h4-7,9-11,18H,8H2,1-3H3,(H,26,29)(H,22,23,24,25). The lowest BCUT2D eigenvalue weighted by atomic mass is 10.0. The van der Waals surface area contributed by atoms with Crippen LogP contribution >= 0.6 is 11.8 Å². The number of aromatic amines is 1. The van der Waals surface area contributed by atoms with Gasteiger partial charge in [0.1, 0.15) is 23.4 Å². The number of nitrogens with zero attached hydrogens (tertiary/aromatic N) is 5. The van der Waals surface area contributed by atoms with Crippen molar-refractivity contribution < 1.29 is 9.53 Å². The number of rotatable bonds is 4. The van der Waals surface area contributed by atoms with Gasteiger partial charge in [0.15, 0.2) is 11.5 Å². The number of H-pyrrole nitrogens is 1. The zero-order valence-electron chi connectivity index (χ0n) is 17.3. The molecule has 31 heavy (non-hydrogen) atoms. The molecule has 1 aliphatic rings. The van der Waals surface area contributed by atoms with Gasteiger partial charge in [-0.05, 0) is 38.5 Å². The van der Waals surface area contributed by atoms with E-state index in [1.807, 2.05) is 45.0 Å². The fourth-order valence-corrected chi connectivity index (χ4v) is 4.90. The first-order valence-corrected chi connectivity index (χ1v) is 11.0. The van der Waals surface area contributed by atoms with Crippen LogP contribution in [0.25, 0.3) is 17.0 Å². The lowest BCUT2D eigenvalue weighted by molar-refractivity contribution is -0.113. The molecule has 0 bridgehead atoms. The van der Waals surface area contributed by atoms with Crippen LogP contribution in [0.3, 0.4) is 0 Å². The third kappa shape index (κ3) is 3.52. The number of aromatic nitrogens is 6. The van der Waals surface area contributed by atoms with Crippen LogP contribution < -0.4 is 10.1 Å². The zero-order valence-corrected chi connectivity index (χ0v) is 18.1. The van der Waals surface area contributed by atoms with Gasteiger partial charge < -0.3 is 15.0 Å². The molecule has 2 N–H and O–H groups in total. The normalized spacial score (nSPS) is 16.3. The van der Waals surface area contributed by atoms with Crippen molar-refractivity contribution in [3.63, 3.8) is 0 Å². The molecule has 1 aromatic carbocycles. The molecule has 1 unspecified atom stereocenters. The van der Waals surface area contributed by atoms with Crippen LogP contribution in [-0.2, 0) is 4.79 Å². The molecule has 9 nitrogen and oxygen atoms in total. The van der Waals surface area contributed by atoms with Gasteiger partial charge in [-0.2, -0.15) is 9.78 Å². The van der Waals surface area contributed by atoms with Gasteiger partial charge >= 0.3 is 0 Å². The number of imidazole rings is 1. The summed E-state index contributed by atoms with van der Waals surface area (Å²) in [4.78, 5) is 28.4. The summed E-state index contributed by atoms with van der Waals surface area (Å²) in [6.07, 6.45) is 3.12. The van der Waals surface area contributed by atoms with Crippen LogP contribution in [0, 0.1) is 6.92 Å². The van der Waals surface area contributed by atoms with Gasteiger partial charge in [0.2, 0.25) is 5.91 Å². The number of aryl methyl sites for hydroxylation is 1. The maximum Gasteiger partial charge on any atom is 0.235 e. The van der Waals surface area contributed by atoms with Gasteiger partial charge in [-0.3, -0.25) is 4.79 Å². The highest BCUT2D eigenvalue weighted by molar-refractivity contribution is 8.00. The number of fused-ring (bicyclic) bond motifs is 2. The Morgan fingerprint density at radius 2 is 2.00 bits per heavy atom. The van der Waals surface area contributed by atoms with E-state index in [4.69, 9.17) is 9.84 Å². The lowest BCUT2D eigenvalue weighted by Gasteiger charge is -2.16. The molecule has 158 valence electrons. The number of hydrogen-bond donors (Lipinski definition) is 2. The maximum atomic E-state index is 12.6. The molecule has 4 heterocycles. The predicted molar refractivity (Wildman–Crippen MR) is 119 cm³/mol. The number of hydrogen-bond acceptors (Lipinski definition) is 7. The Balaban J connectivity index is 1.63. The second-order valence-corrected chi connectivity index (χ2v) is 8.63. The molecule has 4 aromatic rings. The summed E-state index contributed by atoms with van der Waals surface area (Å²) in [6, 6.07) is 8.02. The highest BCUT2D eigenvalue weighted by Gasteiger charge is 2.31. The topological polar surface area (TPSA) is 111 Å². The van der Waals surface area contributed by atoms with E-state index >= 15 is 0 Å². The molecular formula is C21H21N7O2S. The summed E-state index contributed by atoms with van der Waals surface area (Å²) in [6.45, 7) is 5.95. The number of carbonyl (C=O) groups is 1. The van der Waals surface area contributed by atoms with Gasteiger partial charge in [-0.1, -0.05) is 12.1 Å². The third-order valence-corrected chi connectivity index (χ3v) is 6.24. The molecule has 0 fully saturated rings. The number of benzene rings is 1. The van der Waals surface area contributed by atoms with E-state index in [9.17, 15) is 4.79 Å². The zero-order chi connectivity index (χ0) is 21.5. The lowest BCUT2D eigenvalue weighted by Crippen LogP contribution is -2.16. The van der Waals surface area contributed by atoms with Crippen LogP contribution in [0.15, 0.2) is 36.9 Å². The molecule has 5 rings (SSSR count). The largest absolute Gasteiger partial charge is 0.491 e. The van der Waals surface area contributed by atoms with Gasteiger partial charge in [-0.15, -0.1) is 11.8 Å². The molecule has 1 amide bonds. The van der Waals surface area contributed by atoms with Gasteiger partial charge in [0.25, 0.3) is 0 Å². The maximum absolute atomic E-state index is 12.6. The third-order valence-electron chi connectivity index (χ3n) is 4.97. The minimum Gasteiger partial charge on any atom is -0.491 e. The van der Waals surface area contributed by atoms with E-state index in [0.29, 0.717) is 28.6 Å². The molecule has 0 spiro atoms. The van der Waals surface area contributed by atoms with Crippen molar-refractivity contribution in [1.82, 2.24) is 29.7 Å². The SMILES string of the molecule is Cc1nn(-c2ncnc3nc[nH]c23)c2c1C(c1ccc(OC(C)C)cc1)SCC(=O)N2. The van der Waals surface area contributed by atoms with Crippen molar-refractivity contribution in [1.29, 1.82) is 0 Å². The minimum atomic E-state index is -0.0791. The number of nitrogens with one attached hydrogen (secondary N) is 2. The average Bonchev–Trinajstić information content (AvgIpc) is 3.29. The van der Waals surface area contributed by atoms with E-state index < -0.39 is 0 Å². The Hall–Kier alpha value is -3.40. The highest BCUT2D eigenvalue weighted by Crippen LogP contribution is 2.44. The second-order valence-electron chi connectivity index (χ2n) is 7.53. The number of ether oxygens (including phenoxy) is 1. The number of thioether (sulfide) groups is 1. The molecule has 0 radical (unpaired) electrons. The summed E-state index contributed by atoms with van der Waals surface area (Å²) >= 11 is 1.58. The highest BCUT2D eigenvalue weighted by atomic mass is 32.2. The number of anilines is 1. The molecule has 0 aliphatic carbocycles. The van der Waals surface area contributed by atoms with Crippen LogP contribution in [0.2, 0.25) is 0 Å². The van der Waals surface area contributed by atoms with Crippen LogP contribution in [-0.4, -0.2) is 47.5 Å². The van der Waals surface area contributed by atoms with E-state index in [1.54, 1.807) is 22.8 Å². The summed E-state index contributed by atoms with van der Waals surface area (Å²) in [7, 11) is 0. The minimum absolute atomic E-state index is 0.0603. The number of carbonyl (C=O) groups excluding carboxylic acids is 1. The monoisotopic (exact) mass is 435 g/mol. The fraction of sp³-hybridized carbons (Fsp3) is 0.286. The van der Waals surface area contributed by atoms with Crippen LogP contribution in [0.1, 0.15) is 35.9 Å². The van der Waals surface area contributed by atoms with Gasteiger partial charge in [0.05, 0.1) is 29.1 Å². The first-order chi connectivity index (χ1) is 15.0. The van der Waals surface area contributed by atoms with Crippen LogP contribution in [0.5, 0.6) is 5.75 Å². The molecule has 10 heteroatoms. The summed E-state index contributed by atoms with van der Waals surface area (Å²) < 4.78 is 7.44. The van der Waals surface area contributed by atoms with Crippen molar-refractivity contribution in [2.45, 2.75) is 32.1 Å². The van der Waals surface area contributed by atoms with Crippen molar-refractivity contribution in [2.24, 2.45) is 0 Å². The number of amides is 1. The van der Waals surface area contributed by atoms with Crippen molar-refractivity contribution >= 4 is 34.7 Å².